The number of methoxy groups -OCH3 is 1. The summed E-state index contributed by atoms with van der Waals surface area (Å²) in [5.41, 5.74) is 3.32. The molecule has 2 N–H and O–H groups in total. The third-order valence-electron chi connectivity index (χ3n) is 3.26. The van der Waals surface area contributed by atoms with E-state index >= 15 is 0 Å². The number of nitrogens with zero attached hydrogens (tertiary/aromatic N) is 1. The Balaban J connectivity index is 1.70. The third-order valence-corrected chi connectivity index (χ3v) is 3.26. The zero-order valence-electron chi connectivity index (χ0n) is 11.6. The summed E-state index contributed by atoms with van der Waals surface area (Å²) >= 11 is 0. The van der Waals surface area contributed by atoms with E-state index in [9.17, 15) is 4.79 Å². The number of amides is 1. The van der Waals surface area contributed by atoms with Crippen LogP contribution in [0.3, 0.4) is 0 Å². The Morgan fingerprint density at radius 2 is 2.14 bits per heavy atom. The Labute approximate surface area is 122 Å². The highest BCUT2D eigenvalue weighted by atomic mass is 16.5. The normalized spacial score (nSPS) is 12.7. The van der Waals surface area contributed by atoms with Gasteiger partial charge in [-0.05, 0) is 24.1 Å². The zero-order chi connectivity index (χ0) is 14.7. The number of aromatic nitrogens is 1. The first-order valence-corrected chi connectivity index (χ1v) is 6.63. The topological polar surface area (TPSA) is 63.2 Å². The van der Waals surface area contributed by atoms with Gasteiger partial charge in [-0.1, -0.05) is 24.3 Å². The van der Waals surface area contributed by atoms with Crippen LogP contribution in [0.5, 0.6) is 5.88 Å². The van der Waals surface area contributed by atoms with Crippen LogP contribution in [0.4, 0.5) is 11.4 Å². The van der Waals surface area contributed by atoms with Crippen LogP contribution in [-0.2, 0) is 11.2 Å². The summed E-state index contributed by atoms with van der Waals surface area (Å²) in [4.78, 5) is 16.3. The first-order valence-electron chi connectivity index (χ1n) is 6.63. The number of carbonyl (C=O) groups is 1. The summed E-state index contributed by atoms with van der Waals surface area (Å²) in [5, 5.41) is 5.95. The molecule has 0 spiro atoms. The van der Waals surface area contributed by atoms with E-state index in [1.807, 2.05) is 30.3 Å². The monoisotopic (exact) mass is 281 g/mol. The van der Waals surface area contributed by atoms with E-state index in [0.717, 1.165) is 12.1 Å². The van der Waals surface area contributed by atoms with Crippen molar-refractivity contribution in [3.63, 3.8) is 0 Å². The highest BCUT2D eigenvalue weighted by Gasteiger charge is 2.15. The Morgan fingerprint density at radius 1 is 1.29 bits per heavy atom. The van der Waals surface area contributed by atoms with Gasteiger partial charge in [0.05, 0.1) is 19.0 Å². The molecule has 0 unspecified atom stereocenters. The lowest BCUT2D eigenvalue weighted by Gasteiger charge is -2.18. The van der Waals surface area contributed by atoms with E-state index in [0.29, 0.717) is 17.3 Å². The van der Waals surface area contributed by atoms with E-state index in [1.165, 1.54) is 5.56 Å². The van der Waals surface area contributed by atoms with Crippen LogP contribution in [0.25, 0.3) is 0 Å². The van der Waals surface area contributed by atoms with Crippen LogP contribution >= 0.6 is 0 Å². The molecule has 0 bridgehead atoms. The van der Waals surface area contributed by atoms with Gasteiger partial charge in [0.25, 0.3) is 5.91 Å². The number of hydrogen-bond donors (Lipinski definition) is 2. The predicted molar refractivity (Wildman–Crippen MR) is 81.3 cm³/mol. The van der Waals surface area contributed by atoms with Gasteiger partial charge in [0.1, 0.15) is 5.70 Å². The van der Waals surface area contributed by atoms with Crippen LogP contribution in [0.2, 0.25) is 0 Å². The first kappa shape index (κ1) is 13.2. The van der Waals surface area contributed by atoms with Gasteiger partial charge < -0.3 is 15.4 Å². The van der Waals surface area contributed by atoms with Gasteiger partial charge in [-0.3, -0.25) is 4.79 Å². The Bertz CT molecular complexity index is 693. The number of fused-ring (bicyclic) bond motifs is 1. The number of pyridine rings is 1. The number of anilines is 2. The molecule has 1 aromatic heterocycles. The van der Waals surface area contributed by atoms with Gasteiger partial charge in [-0.15, -0.1) is 0 Å². The molecule has 0 fully saturated rings. The van der Waals surface area contributed by atoms with Gasteiger partial charge in [0.2, 0.25) is 5.88 Å². The molecule has 0 saturated carbocycles. The maximum atomic E-state index is 12.2. The van der Waals surface area contributed by atoms with Gasteiger partial charge >= 0.3 is 0 Å². The van der Waals surface area contributed by atoms with E-state index < -0.39 is 0 Å². The Hall–Kier alpha value is -2.82. The Morgan fingerprint density at radius 3 is 2.90 bits per heavy atom. The molecule has 0 radical (unpaired) electrons. The average molecular weight is 281 g/mol. The number of hydrogen-bond acceptors (Lipinski definition) is 4. The quantitative estimate of drug-likeness (QED) is 0.907. The molecule has 5 nitrogen and oxygen atoms in total. The van der Waals surface area contributed by atoms with Crippen LogP contribution in [-0.4, -0.2) is 18.0 Å². The van der Waals surface area contributed by atoms with Crippen molar-refractivity contribution in [3.05, 3.63) is 59.9 Å². The van der Waals surface area contributed by atoms with Crippen molar-refractivity contribution in [2.45, 2.75) is 6.42 Å². The number of para-hydroxylation sites is 1. The van der Waals surface area contributed by atoms with Crippen LogP contribution < -0.4 is 15.4 Å². The second kappa shape index (κ2) is 5.66. The second-order valence-corrected chi connectivity index (χ2v) is 4.65. The minimum Gasteiger partial charge on any atom is -0.481 e. The number of nitrogens with one attached hydrogen (secondary N) is 2. The molecule has 1 aliphatic heterocycles. The first-order chi connectivity index (χ1) is 10.3. The molecule has 0 saturated heterocycles. The molecule has 0 atom stereocenters. The zero-order valence-corrected chi connectivity index (χ0v) is 11.6. The molecule has 1 aliphatic rings. The molecule has 3 rings (SSSR count). The van der Waals surface area contributed by atoms with Crippen molar-refractivity contribution in [2.24, 2.45) is 0 Å². The molecular formula is C16H15N3O2. The van der Waals surface area contributed by atoms with Crippen molar-refractivity contribution in [3.8, 4) is 5.88 Å². The molecule has 1 amide bonds. The lowest BCUT2D eigenvalue weighted by atomic mass is 10.0. The summed E-state index contributed by atoms with van der Waals surface area (Å²) in [6, 6.07) is 11.4. The minimum absolute atomic E-state index is 0.184. The van der Waals surface area contributed by atoms with Crippen LogP contribution in [0.1, 0.15) is 5.56 Å². The molecule has 5 heteroatoms. The number of rotatable bonds is 3. The van der Waals surface area contributed by atoms with E-state index in [-0.39, 0.29) is 5.91 Å². The fourth-order valence-corrected chi connectivity index (χ4v) is 2.15. The van der Waals surface area contributed by atoms with Gasteiger partial charge in [0, 0.05) is 11.8 Å². The van der Waals surface area contributed by atoms with Gasteiger partial charge in [-0.25, -0.2) is 4.98 Å². The molecule has 106 valence electrons. The molecule has 0 aliphatic carbocycles. The van der Waals surface area contributed by atoms with Gasteiger partial charge in [-0.2, -0.15) is 0 Å². The highest BCUT2D eigenvalue weighted by Crippen LogP contribution is 2.23. The van der Waals surface area contributed by atoms with Crippen LogP contribution in [0.15, 0.2) is 54.4 Å². The molecular weight excluding hydrogens is 266 g/mol. The lowest BCUT2D eigenvalue weighted by molar-refractivity contribution is -0.112. The van der Waals surface area contributed by atoms with Gasteiger partial charge in [0.15, 0.2) is 0 Å². The highest BCUT2D eigenvalue weighted by molar-refractivity contribution is 6.06. The fraction of sp³-hybridized carbons (Fsp3) is 0.125. The van der Waals surface area contributed by atoms with E-state index in [2.05, 4.69) is 15.6 Å². The van der Waals surface area contributed by atoms with E-state index in [4.69, 9.17) is 4.74 Å². The summed E-state index contributed by atoms with van der Waals surface area (Å²) in [6.07, 6.45) is 4.19. The molecule has 2 aromatic rings. The number of ether oxygens (including phenoxy) is 1. The summed E-state index contributed by atoms with van der Waals surface area (Å²) < 4.78 is 4.98. The van der Waals surface area contributed by atoms with Crippen molar-refractivity contribution in [1.82, 2.24) is 4.98 Å². The molecule has 21 heavy (non-hydrogen) atoms. The van der Waals surface area contributed by atoms with Crippen molar-refractivity contribution in [1.29, 1.82) is 0 Å². The number of carbonyl (C=O) groups excluding carboxylic acids is 1. The maximum absolute atomic E-state index is 12.2. The Kier molecular flexibility index (Phi) is 3.55. The standard InChI is InChI=1S/C16H15N3O2/c1-21-15-9-7-12(10-17-15)18-16(20)14-8-6-11-4-2-3-5-13(11)19-14/h2-5,7-10,19H,6H2,1H3,(H,18,20). The fourth-order valence-electron chi connectivity index (χ4n) is 2.15. The predicted octanol–water partition coefficient (Wildman–Crippen LogP) is 2.58. The van der Waals surface area contributed by atoms with Crippen molar-refractivity contribution in [2.75, 3.05) is 17.7 Å². The lowest BCUT2D eigenvalue weighted by Crippen LogP contribution is -2.22. The summed E-state index contributed by atoms with van der Waals surface area (Å²) in [6.45, 7) is 0. The number of allylic oxidation sites excluding steroid dienone is 1. The maximum Gasteiger partial charge on any atom is 0.271 e. The molecule has 1 aromatic carbocycles. The minimum atomic E-state index is -0.184. The van der Waals surface area contributed by atoms with Crippen molar-refractivity contribution < 1.29 is 9.53 Å². The molecule has 2 heterocycles. The largest absolute Gasteiger partial charge is 0.481 e. The average Bonchev–Trinajstić information content (AvgIpc) is 2.55. The van der Waals surface area contributed by atoms with Crippen LogP contribution in [0, 0.1) is 0 Å². The SMILES string of the molecule is COc1ccc(NC(=O)C2=CCc3ccccc3N2)cn1. The van der Waals surface area contributed by atoms with Crippen molar-refractivity contribution >= 4 is 17.3 Å². The summed E-state index contributed by atoms with van der Waals surface area (Å²) in [5.74, 6) is 0.327. The third kappa shape index (κ3) is 2.86. The smallest absolute Gasteiger partial charge is 0.271 e. The number of benzene rings is 1. The summed E-state index contributed by atoms with van der Waals surface area (Å²) in [7, 11) is 1.55. The van der Waals surface area contributed by atoms with E-state index in [1.54, 1.807) is 25.4 Å². The second-order valence-electron chi connectivity index (χ2n) is 4.65.